The first kappa shape index (κ1) is 9.77. The average molecular weight is 227 g/mol. The summed E-state index contributed by atoms with van der Waals surface area (Å²) in [6, 6.07) is 3.42. The van der Waals surface area contributed by atoms with Crippen molar-refractivity contribution in [3.8, 4) is 11.1 Å². The molecule has 5 nitrogen and oxygen atoms in total. The average Bonchev–Trinajstić information content (AvgIpc) is 2.64. The molecule has 0 spiro atoms. The second-order valence-electron chi connectivity index (χ2n) is 3.98. The van der Waals surface area contributed by atoms with Crippen LogP contribution in [0, 0.1) is 0 Å². The molecule has 0 saturated heterocycles. The van der Waals surface area contributed by atoms with Gasteiger partial charge in [0.05, 0.1) is 0 Å². The van der Waals surface area contributed by atoms with Crippen molar-refractivity contribution < 1.29 is 4.79 Å². The Kier molecular flexibility index (Phi) is 1.89. The third-order valence-corrected chi connectivity index (χ3v) is 2.95. The maximum absolute atomic E-state index is 11.6. The third kappa shape index (κ3) is 1.36. The lowest BCUT2D eigenvalue weighted by atomic mass is 10.1. The van der Waals surface area contributed by atoms with E-state index in [0.717, 1.165) is 22.4 Å². The predicted molar refractivity (Wildman–Crippen MR) is 61.6 cm³/mol. The van der Waals surface area contributed by atoms with E-state index < -0.39 is 11.5 Å². The van der Waals surface area contributed by atoms with Crippen LogP contribution in [0.4, 0.5) is 0 Å². The SMILES string of the molecule is NC(=O)c1cc2c([nH]c1=O)Cc1cnccc1-2. The molecule has 0 saturated carbocycles. The van der Waals surface area contributed by atoms with E-state index in [0.29, 0.717) is 6.42 Å². The van der Waals surface area contributed by atoms with E-state index in [1.807, 2.05) is 6.07 Å². The van der Waals surface area contributed by atoms with Gasteiger partial charge in [0.2, 0.25) is 0 Å². The molecule has 1 aliphatic carbocycles. The van der Waals surface area contributed by atoms with Crippen molar-refractivity contribution in [2.75, 3.05) is 0 Å². The summed E-state index contributed by atoms with van der Waals surface area (Å²) in [5.74, 6) is -0.712. The van der Waals surface area contributed by atoms with Crippen molar-refractivity contribution in [1.82, 2.24) is 9.97 Å². The monoisotopic (exact) mass is 227 g/mol. The molecule has 3 N–H and O–H groups in total. The van der Waals surface area contributed by atoms with Gasteiger partial charge in [-0.15, -0.1) is 0 Å². The number of H-pyrrole nitrogens is 1. The number of carbonyl (C=O) groups is 1. The molecule has 2 heterocycles. The highest BCUT2D eigenvalue weighted by Gasteiger charge is 2.21. The molecule has 2 aromatic heterocycles. The van der Waals surface area contributed by atoms with Gasteiger partial charge in [-0.2, -0.15) is 0 Å². The van der Waals surface area contributed by atoms with Crippen molar-refractivity contribution in [1.29, 1.82) is 0 Å². The van der Waals surface area contributed by atoms with Crippen LogP contribution in [0.15, 0.2) is 29.3 Å². The molecule has 0 fully saturated rings. The fourth-order valence-electron chi connectivity index (χ4n) is 2.15. The molecular formula is C12H9N3O2. The number of carbonyl (C=O) groups excluding carboxylic acids is 1. The van der Waals surface area contributed by atoms with Crippen LogP contribution in [-0.2, 0) is 6.42 Å². The molecule has 0 aliphatic heterocycles. The number of hydrogen-bond donors (Lipinski definition) is 2. The summed E-state index contributed by atoms with van der Waals surface area (Å²) >= 11 is 0. The van der Waals surface area contributed by atoms with Crippen LogP contribution in [0.2, 0.25) is 0 Å². The molecule has 5 heteroatoms. The lowest BCUT2D eigenvalue weighted by molar-refractivity contribution is 0.0999. The van der Waals surface area contributed by atoms with Crippen LogP contribution < -0.4 is 11.3 Å². The first-order valence-electron chi connectivity index (χ1n) is 5.16. The highest BCUT2D eigenvalue weighted by atomic mass is 16.2. The number of nitrogens with zero attached hydrogens (tertiary/aromatic N) is 1. The molecule has 0 unspecified atom stereocenters. The van der Waals surface area contributed by atoms with E-state index >= 15 is 0 Å². The first-order valence-corrected chi connectivity index (χ1v) is 5.16. The summed E-state index contributed by atoms with van der Waals surface area (Å²) in [5.41, 5.74) is 8.42. The predicted octanol–water partition coefficient (Wildman–Crippen LogP) is 0.440. The van der Waals surface area contributed by atoms with E-state index in [9.17, 15) is 9.59 Å². The zero-order chi connectivity index (χ0) is 12.0. The fraction of sp³-hybridized carbons (Fsp3) is 0.0833. The zero-order valence-corrected chi connectivity index (χ0v) is 8.86. The summed E-state index contributed by atoms with van der Waals surface area (Å²) in [7, 11) is 0. The summed E-state index contributed by atoms with van der Waals surface area (Å²) in [6.45, 7) is 0. The van der Waals surface area contributed by atoms with Crippen LogP contribution in [0.5, 0.6) is 0 Å². The van der Waals surface area contributed by atoms with Gasteiger partial charge < -0.3 is 10.7 Å². The molecule has 0 radical (unpaired) electrons. The summed E-state index contributed by atoms with van der Waals surface area (Å²) in [4.78, 5) is 29.5. The number of primary amides is 1. The van der Waals surface area contributed by atoms with Crippen molar-refractivity contribution in [2.24, 2.45) is 5.73 Å². The number of fused-ring (bicyclic) bond motifs is 3. The highest BCUT2D eigenvalue weighted by molar-refractivity contribution is 5.94. The van der Waals surface area contributed by atoms with Crippen molar-refractivity contribution in [2.45, 2.75) is 6.42 Å². The van der Waals surface area contributed by atoms with Gasteiger partial charge in [0, 0.05) is 30.1 Å². The molecule has 84 valence electrons. The van der Waals surface area contributed by atoms with Gasteiger partial charge in [-0.05, 0) is 23.3 Å². The minimum Gasteiger partial charge on any atom is -0.365 e. The molecule has 2 aromatic rings. The maximum atomic E-state index is 11.6. The van der Waals surface area contributed by atoms with E-state index in [2.05, 4.69) is 9.97 Å². The molecular weight excluding hydrogens is 218 g/mol. The number of nitrogens with two attached hydrogens (primary N) is 1. The van der Waals surface area contributed by atoms with E-state index in [-0.39, 0.29) is 5.56 Å². The van der Waals surface area contributed by atoms with Crippen LogP contribution >= 0.6 is 0 Å². The van der Waals surface area contributed by atoms with Crippen molar-refractivity contribution >= 4 is 5.91 Å². The summed E-state index contributed by atoms with van der Waals surface area (Å²) in [5, 5.41) is 0. The van der Waals surface area contributed by atoms with E-state index in [1.165, 1.54) is 0 Å². The van der Waals surface area contributed by atoms with Gasteiger partial charge in [0.1, 0.15) is 5.56 Å². The second-order valence-corrected chi connectivity index (χ2v) is 3.98. The standard InChI is InChI=1S/C12H9N3O2/c13-11(16)9-4-8-7-1-2-14-5-6(7)3-10(8)15-12(9)17/h1-2,4-5H,3H2,(H2,13,16)(H,15,17). The Labute approximate surface area is 96.3 Å². The number of hydrogen-bond acceptors (Lipinski definition) is 3. The van der Waals surface area contributed by atoms with Gasteiger partial charge >= 0.3 is 0 Å². The largest absolute Gasteiger partial charge is 0.365 e. The van der Waals surface area contributed by atoms with E-state index in [4.69, 9.17) is 5.73 Å². The number of pyridine rings is 2. The quantitative estimate of drug-likeness (QED) is 0.632. The highest BCUT2D eigenvalue weighted by Crippen LogP contribution is 2.34. The van der Waals surface area contributed by atoms with E-state index in [1.54, 1.807) is 18.5 Å². The number of amides is 1. The molecule has 1 amide bonds. The Morgan fingerprint density at radius 3 is 3.00 bits per heavy atom. The van der Waals surface area contributed by atoms with Crippen LogP contribution in [0.3, 0.4) is 0 Å². The minimum atomic E-state index is -0.712. The number of nitrogens with one attached hydrogen (secondary N) is 1. The van der Waals surface area contributed by atoms with Gasteiger partial charge in [0.15, 0.2) is 0 Å². The van der Waals surface area contributed by atoms with Gasteiger partial charge in [0.25, 0.3) is 11.5 Å². The normalized spacial score (nSPS) is 12.0. The number of aromatic amines is 1. The molecule has 0 bridgehead atoms. The van der Waals surface area contributed by atoms with Gasteiger partial charge in [-0.3, -0.25) is 14.6 Å². The van der Waals surface area contributed by atoms with Crippen LogP contribution in [0.1, 0.15) is 21.6 Å². The Bertz CT molecular complexity index is 688. The lowest BCUT2D eigenvalue weighted by Crippen LogP contribution is -2.24. The molecule has 17 heavy (non-hydrogen) atoms. The maximum Gasteiger partial charge on any atom is 0.261 e. The van der Waals surface area contributed by atoms with Crippen LogP contribution in [-0.4, -0.2) is 15.9 Å². The van der Waals surface area contributed by atoms with Crippen molar-refractivity contribution in [3.63, 3.8) is 0 Å². The number of aromatic nitrogens is 2. The molecule has 0 atom stereocenters. The molecule has 3 rings (SSSR count). The van der Waals surface area contributed by atoms with Crippen LogP contribution in [0.25, 0.3) is 11.1 Å². The first-order chi connectivity index (χ1) is 8.16. The molecule has 0 aromatic carbocycles. The topological polar surface area (TPSA) is 88.8 Å². The fourth-order valence-corrected chi connectivity index (χ4v) is 2.15. The smallest absolute Gasteiger partial charge is 0.261 e. The number of rotatable bonds is 1. The third-order valence-electron chi connectivity index (χ3n) is 2.95. The molecule has 1 aliphatic rings. The lowest BCUT2D eigenvalue weighted by Gasteiger charge is -2.02. The Balaban J connectivity index is 2.30. The Hall–Kier alpha value is -2.43. The zero-order valence-electron chi connectivity index (χ0n) is 8.86. The minimum absolute atomic E-state index is 0.00610. The summed E-state index contributed by atoms with van der Waals surface area (Å²) in [6.07, 6.45) is 4.08. The van der Waals surface area contributed by atoms with Gasteiger partial charge in [-0.1, -0.05) is 0 Å². The summed E-state index contributed by atoms with van der Waals surface area (Å²) < 4.78 is 0. The van der Waals surface area contributed by atoms with Crippen molar-refractivity contribution in [3.05, 3.63) is 51.7 Å². The van der Waals surface area contributed by atoms with Gasteiger partial charge in [-0.25, -0.2) is 0 Å². The second kappa shape index (κ2) is 3.28. The Morgan fingerprint density at radius 1 is 1.41 bits per heavy atom. The Morgan fingerprint density at radius 2 is 2.24 bits per heavy atom.